The Hall–Kier alpha value is 0.310. The second-order valence-corrected chi connectivity index (χ2v) is 4.95. The standard InChI is InChI=1S/C10H21NS/c1-2-3-7-10(12)8-5-4-6-9(10)11/h9,12H,2-8,11H2,1H3. The summed E-state index contributed by atoms with van der Waals surface area (Å²) in [7, 11) is 0. The molecule has 0 amide bonds. The molecule has 2 heteroatoms. The molecule has 72 valence electrons. The Bertz CT molecular complexity index is 138. The van der Waals surface area contributed by atoms with Gasteiger partial charge in [0.05, 0.1) is 0 Å². The Balaban J connectivity index is 2.42. The highest BCUT2D eigenvalue weighted by atomic mass is 32.1. The lowest BCUT2D eigenvalue weighted by Crippen LogP contribution is -2.45. The Kier molecular flexibility index (Phi) is 3.91. The van der Waals surface area contributed by atoms with Gasteiger partial charge < -0.3 is 5.73 Å². The van der Waals surface area contributed by atoms with Crippen molar-refractivity contribution < 1.29 is 0 Å². The smallest absolute Gasteiger partial charge is 0.0280 e. The van der Waals surface area contributed by atoms with Crippen molar-refractivity contribution in [1.82, 2.24) is 0 Å². The second kappa shape index (κ2) is 4.52. The molecule has 2 N–H and O–H groups in total. The molecule has 0 bridgehead atoms. The molecule has 0 spiro atoms. The minimum atomic E-state index is 0.161. The largest absolute Gasteiger partial charge is 0.326 e. The number of hydrogen-bond donors (Lipinski definition) is 2. The zero-order valence-electron chi connectivity index (χ0n) is 8.05. The molecule has 0 aromatic carbocycles. The van der Waals surface area contributed by atoms with E-state index in [-0.39, 0.29) is 4.75 Å². The van der Waals surface area contributed by atoms with Gasteiger partial charge in [0.15, 0.2) is 0 Å². The number of unbranched alkanes of at least 4 members (excludes halogenated alkanes) is 1. The third kappa shape index (κ3) is 2.40. The fourth-order valence-electron chi connectivity index (χ4n) is 2.04. The summed E-state index contributed by atoms with van der Waals surface area (Å²) in [5, 5.41) is 0. The van der Waals surface area contributed by atoms with Crippen molar-refractivity contribution in [3.05, 3.63) is 0 Å². The lowest BCUT2D eigenvalue weighted by molar-refractivity contribution is 0.325. The van der Waals surface area contributed by atoms with Gasteiger partial charge in [0.2, 0.25) is 0 Å². The molecule has 0 aliphatic heterocycles. The first kappa shape index (κ1) is 10.4. The quantitative estimate of drug-likeness (QED) is 0.653. The minimum Gasteiger partial charge on any atom is -0.326 e. The van der Waals surface area contributed by atoms with Gasteiger partial charge in [-0.05, 0) is 19.3 Å². The molecule has 1 aliphatic carbocycles. The molecule has 1 fully saturated rings. The average molecular weight is 187 g/mol. The van der Waals surface area contributed by atoms with Crippen LogP contribution in [-0.4, -0.2) is 10.8 Å². The molecule has 2 unspecified atom stereocenters. The molecule has 0 radical (unpaired) electrons. The first-order valence-electron chi connectivity index (χ1n) is 5.17. The van der Waals surface area contributed by atoms with E-state index < -0.39 is 0 Å². The highest BCUT2D eigenvalue weighted by Crippen LogP contribution is 2.36. The molecule has 2 atom stereocenters. The third-order valence-corrected chi connectivity index (χ3v) is 3.81. The highest BCUT2D eigenvalue weighted by Gasteiger charge is 2.34. The van der Waals surface area contributed by atoms with E-state index in [4.69, 9.17) is 18.4 Å². The molecule has 0 heterocycles. The van der Waals surface area contributed by atoms with E-state index in [0.29, 0.717) is 6.04 Å². The monoisotopic (exact) mass is 187 g/mol. The average Bonchev–Trinajstić information content (AvgIpc) is 2.07. The topological polar surface area (TPSA) is 26.0 Å². The molecule has 1 aliphatic rings. The van der Waals surface area contributed by atoms with Gasteiger partial charge >= 0.3 is 0 Å². The summed E-state index contributed by atoms with van der Waals surface area (Å²) in [5.41, 5.74) is 6.08. The molecule has 12 heavy (non-hydrogen) atoms. The van der Waals surface area contributed by atoms with Gasteiger partial charge in [0.25, 0.3) is 0 Å². The van der Waals surface area contributed by atoms with Crippen LogP contribution < -0.4 is 5.73 Å². The van der Waals surface area contributed by atoms with Gasteiger partial charge in [-0.2, -0.15) is 12.6 Å². The summed E-state index contributed by atoms with van der Waals surface area (Å²) in [4.78, 5) is 0. The van der Waals surface area contributed by atoms with Gasteiger partial charge in [-0.15, -0.1) is 0 Å². The van der Waals surface area contributed by atoms with Crippen molar-refractivity contribution in [2.24, 2.45) is 5.73 Å². The van der Waals surface area contributed by atoms with Gasteiger partial charge in [-0.1, -0.05) is 32.6 Å². The summed E-state index contributed by atoms with van der Waals surface area (Å²) < 4.78 is 0.161. The fourth-order valence-corrected chi connectivity index (χ4v) is 2.49. The van der Waals surface area contributed by atoms with Crippen LogP contribution in [0, 0.1) is 0 Å². The number of thiol groups is 1. The first-order chi connectivity index (χ1) is 5.69. The maximum absolute atomic E-state index is 6.08. The van der Waals surface area contributed by atoms with Crippen molar-refractivity contribution in [1.29, 1.82) is 0 Å². The molecular formula is C10H21NS. The normalized spacial score (nSPS) is 36.8. The molecule has 0 aromatic heterocycles. The van der Waals surface area contributed by atoms with Crippen LogP contribution in [0.15, 0.2) is 0 Å². The Morgan fingerprint density at radius 1 is 1.50 bits per heavy atom. The van der Waals surface area contributed by atoms with E-state index in [0.717, 1.165) is 0 Å². The lowest BCUT2D eigenvalue weighted by Gasteiger charge is -2.38. The molecular weight excluding hydrogens is 166 g/mol. The summed E-state index contributed by atoms with van der Waals surface area (Å²) in [6.07, 6.45) is 8.75. The van der Waals surface area contributed by atoms with Crippen molar-refractivity contribution in [3.8, 4) is 0 Å². The predicted octanol–water partition coefficient (Wildman–Crippen LogP) is 2.75. The maximum Gasteiger partial charge on any atom is 0.0280 e. The Labute approximate surface area is 81.5 Å². The Morgan fingerprint density at radius 2 is 2.25 bits per heavy atom. The van der Waals surface area contributed by atoms with E-state index in [1.165, 1.54) is 44.9 Å². The van der Waals surface area contributed by atoms with Crippen molar-refractivity contribution in [2.75, 3.05) is 0 Å². The van der Waals surface area contributed by atoms with E-state index in [1.54, 1.807) is 0 Å². The van der Waals surface area contributed by atoms with Gasteiger partial charge in [0.1, 0.15) is 0 Å². The van der Waals surface area contributed by atoms with Crippen LogP contribution in [0.2, 0.25) is 0 Å². The third-order valence-electron chi connectivity index (χ3n) is 3.03. The molecule has 0 saturated heterocycles. The predicted molar refractivity (Wildman–Crippen MR) is 57.7 cm³/mol. The number of hydrogen-bond acceptors (Lipinski definition) is 2. The van der Waals surface area contributed by atoms with Gasteiger partial charge in [0, 0.05) is 10.8 Å². The summed E-state index contributed by atoms with van der Waals surface area (Å²) in [6.45, 7) is 2.23. The SMILES string of the molecule is CCCCC1(S)CCCCC1N. The van der Waals surface area contributed by atoms with Crippen molar-refractivity contribution in [3.63, 3.8) is 0 Å². The maximum atomic E-state index is 6.08. The highest BCUT2D eigenvalue weighted by molar-refractivity contribution is 7.81. The van der Waals surface area contributed by atoms with Crippen LogP contribution in [0.3, 0.4) is 0 Å². The summed E-state index contributed by atoms with van der Waals surface area (Å²) >= 11 is 4.75. The molecule has 1 rings (SSSR count). The number of rotatable bonds is 3. The van der Waals surface area contributed by atoms with E-state index >= 15 is 0 Å². The van der Waals surface area contributed by atoms with Crippen molar-refractivity contribution in [2.45, 2.75) is 62.7 Å². The molecule has 1 saturated carbocycles. The van der Waals surface area contributed by atoms with E-state index in [9.17, 15) is 0 Å². The van der Waals surface area contributed by atoms with Crippen LogP contribution in [0.25, 0.3) is 0 Å². The fraction of sp³-hybridized carbons (Fsp3) is 1.00. The van der Waals surface area contributed by atoms with Crippen LogP contribution in [0.5, 0.6) is 0 Å². The second-order valence-electron chi connectivity index (χ2n) is 4.06. The van der Waals surface area contributed by atoms with Crippen LogP contribution in [0.1, 0.15) is 51.9 Å². The minimum absolute atomic E-state index is 0.161. The first-order valence-corrected chi connectivity index (χ1v) is 5.62. The Morgan fingerprint density at radius 3 is 2.83 bits per heavy atom. The van der Waals surface area contributed by atoms with Crippen LogP contribution in [0.4, 0.5) is 0 Å². The summed E-state index contributed by atoms with van der Waals surface area (Å²) in [6, 6.07) is 0.334. The van der Waals surface area contributed by atoms with E-state index in [1.807, 2.05) is 0 Å². The molecule has 0 aromatic rings. The van der Waals surface area contributed by atoms with Crippen molar-refractivity contribution >= 4 is 12.6 Å². The lowest BCUT2D eigenvalue weighted by atomic mass is 9.81. The molecule has 1 nitrogen and oxygen atoms in total. The summed E-state index contributed by atoms with van der Waals surface area (Å²) in [5.74, 6) is 0. The number of nitrogens with two attached hydrogens (primary N) is 1. The van der Waals surface area contributed by atoms with Crippen LogP contribution in [-0.2, 0) is 0 Å². The van der Waals surface area contributed by atoms with Gasteiger partial charge in [-0.3, -0.25) is 0 Å². The van der Waals surface area contributed by atoms with E-state index in [2.05, 4.69) is 6.92 Å². The van der Waals surface area contributed by atoms with Crippen LogP contribution >= 0.6 is 12.6 Å². The zero-order chi connectivity index (χ0) is 9.03. The van der Waals surface area contributed by atoms with Gasteiger partial charge in [-0.25, -0.2) is 0 Å². The zero-order valence-corrected chi connectivity index (χ0v) is 8.95.